The van der Waals surface area contributed by atoms with Crippen molar-refractivity contribution in [2.24, 2.45) is 11.8 Å². The summed E-state index contributed by atoms with van der Waals surface area (Å²) in [6, 6.07) is 9.70. The van der Waals surface area contributed by atoms with Gasteiger partial charge in [-0.3, -0.25) is 14.4 Å². The third kappa shape index (κ3) is 9.95. The van der Waals surface area contributed by atoms with Crippen molar-refractivity contribution < 1.29 is 41.4 Å². The van der Waals surface area contributed by atoms with Crippen molar-refractivity contribution in [1.82, 2.24) is 15.2 Å². The molecule has 1 fully saturated rings. The van der Waals surface area contributed by atoms with Crippen LogP contribution in [0.2, 0.25) is 0 Å². The Morgan fingerprint density at radius 3 is 2.30 bits per heavy atom. The van der Waals surface area contributed by atoms with E-state index in [1.54, 1.807) is 49.9 Å². The van der Waals surface area contributed by atoms with E-state index in [0.29, 0.717) is 66.6 Å². The number of benzene rings is 2. The maximum absolute atomic E-state index is 15.6. The van der Waals surface area contributed by atoms with Crippen molar-refractivity contribution in [1.29, 1.82) is 0 Å². The number of aliphatic carboxylic acids is 1. The number of alkyl halides is 3. The number of hydrogen-bond donors (Lipinski definition) is 2. The van der Waals surface area contributed by atoms with Gasteiger partial charge in [0.05, 0.1) is 18.4 Å². The number of ketones is 1. The van der Waals surface area contributed by atoms with Crippen molar-refractivity contribution in [2.45, 2.75) is 84.9 Å². The zero-order chi connectivity index (χ0) is 36.7. The van der Waals surface area contributed by atoms with E-state index in [1.807, 2.05) is 6.92 Å². The first kappa shape index (κ1) is 38.6. The molecule has 1 amide bonds. The van der Waals surface area contributed by atoms with E-state index in [1.165, 1.54) is 18.2 Å². The molecular formula is C38H44F5N3O4. The molecule has 0 unspecified atom stereocenters. The third-order valence-corrected chi connectivity index (χ3v) is 9.30. The van der Waals surface area contributed by atoms with Gasteiger partial charge in [0.2, 0.25) is 5.91 Å². The predicted octanol–water partition coefficient (Wildman–Crippen LogP) is 8.09. The first-order chi connectivity index (χ1) is 23.6. The van der Waals surface area contributed by atoms with Crippen LogP contribution in [0.5, 0.6) is 0 Å². The number of aryl methyl sites for hydroxylation is 3. The number of hydrogen-bond acceptors (Lipinski definition) is 5. The molecule has 0 bridgehead atoms. The lowest BCUT2D eigenvalue weighted by atomic mass is 9.89. The van der Waals surface area contributed by atoms with Crippen LogP contribution in [0.4, 0.5) is 22.0 Å². The van der Waals surface area contributed by atoms with Crippen LogP contribution in [0, 0.1) is 44.2 Å². The monoisotopic (exact) mass is 701 g/mol. The summed E-state index contributed by atoms with van der Waals surface area (Å²) >= 11 is 0. The molecular weight excluding hydrogens is 657 g/mol. The number of amides is 1. The van der Waals surface area contributed by atoms with Crippen LogP contribution >= 0.6 is 0 Å². The molecule has 2 atom stereocenters. The van der Waals surface area contributed by atoms with Crippen molar-refractivity contribution in [3.8, 4) is 11.1 Å². The van der Waals surface area contributed by atoms with E-state index in [9.17, 15) is 37.1 Å². The van der Waals surface area contributed by atoms with Gasteiger partial charge < -0.3 is 15.3 Å². The third-order valence-electron chi connectivity index (χ3n) is 9.30. The van der Waals surface area contributed by atoms with Crippen molar-refractivity contribution in [2.75, 3.05) is 19.6 Å². The molecule has 1 aliphatic rings. The van der Waals surface area contributed by atoms with Crippen molar-refractivity contribution in [3.63, 3.8) is 0 Å². The Morgan fingerprint density at radius 1 is 1.00 bits per heavy atom. The lowest BCUT2D eigenvalue weighted by Gasteiger charge is -2.40. The van der Waals surface area contributed by atoms with Gasteiger partial charge in [-0.15, -0.1) is 0 Å². The zero-order valence-corrected chi connectivity index (χ0v) is 28.8. The molecule has 0 saturated carbocycles. The number of nitrogens with one attached hydrogen (secondary N) is 1. The van der Waals surface area contributed by atoms with Crippen LogP contribution in [-0.2, 0) is 16.0 Å². The number of pyridine rings is 1. The molecule has 4 rings (SSSR count). The molecule has 2 aromatic carbocycles. The van der Waals surface area contributed by atoms with E-state index in [0.717, 1.165) is 0 Å². The van der Waals surface area contributed by atoms with E-state index in [-0.39, 0.29) is 42.1 Å². The lowest BCUT2D eigenvalue weighted by molar-refractivity contribution is -0.208. The van der Waals surface area contributed by atoms with Gasteiger partial charge in [0.25, 0.3) is 0 Å². The SMILES string of the molecule is CCC[C@H](CCCC(=O)c1cccc(CCN2CC(C(F)(F)F)C2)n1)C(=O)N[C@@H](CC(=O)O)c1cc(-c2c(C)cc(F)cc2C)cc(C)c1F. The highest BCUT2D eigenvalue weighted by molar-refractivity contribution is 5.94. The quantitative estimate of drug-likeness (QED) is 0.116. The molecule has 1 saturated heterocycles. The van der Waals surface area contributed by atoms with Gasteiger partial charge in [-0.1, -0.05) is 19.4 Å². The summed E-state index contributed by atoms with van der Waals surface area (Å²) in [5.74, 6) is -4.81. The molecule has 12 heteroatoms. The Balaban J connectivity index is 1.41. The number of aromatic nitrogens is 1. The molecule has 50 heavy (non-hydrogen) atoms. The Hall–Kier alpha value is -4.19. The normalized spacial score (nSPS) is 15.0. The van der Waals surface area contributed by atoms with Crippen LogP contribution < -0.4 is 5.32 Å². The van der Waals surface area contributed by atoms with Crippen molar-refractivity contribution in [3.05, 3.63) is 87.7 Å². The second kappa shape index (κ2) is 16.7. The summed E-state index contributed by atoms with van der Waals surface area (Å²) in [4.78, 5) is 44.6. The van der Waals surface area contributed by atoms with E-state index in [4.69, 9.17) is 0 Å². The molecule has 0 spiro atoms. The molecule has 2 N–H and O–H groups in total. The molecule has 1 aliphatic heterocycles. The molecule has 3 aromatic rings. The fraction of sp³-hybridized carbons (Fsp3) is 0.474. The zero-order valence-electron chi connectivity index (χ0n) is 28.8. The summed E-state index contributed by atoms with van der Waals surface area (Å²) in [6.07, 6.45) is -2.44. The Morgan fingerprint density at radius 2 is 1.68 bits per heavy atom. The smallest absolute Gasteiger partial charge is 0.394 e. The number of halogens is 5. The average Bonchev–Trinajstić information content (AvgIpc) is 2.99. The minimum atomic E-state index is -4.19. The Bertz CT molecular complexity index is 1680. The number of carboxylic acid groups (broad SMARTS) is 1. The minimum Gasteiger partial charge on any atom is -0.481 e. The summed E-state index contributed by atoms with van der Waals surface area (Å²) in [5, 5.41) is 12.5. The number of likely N-dealkylation sites (tertiary alicyclic amines) is 1. The van der Waals surface area contributed by atoms with E-state index in [2.05, 4.69) is 10.3 Å². The molecule has 2 heterocycles. The maximum atomic E-state index is 15.6. The first-order valence-corrected chi connectivity index (χ1v) is 16.9. The standard InChI is InChI=1S/C38H44F5N3O4/c1-5-8-25(9-6-12-33(47)31-11-7-10-29(44-31)13-14-46-20-27(21-46)38(41,42)43)37(50)45-32(19-34(48)49)30-18-26(15-24(4)36(30)40)35-22(2)16-28(39)17-23(35)3/h7,10-11,15-18,25,27,32H,5-6,8-9,12-14,19-21H2,1-4H3,(H,45,50)(H,48,49)/t25-,32+/m1/s1. The summed E-state index contributed by atoms with van der Waals surface area (Å²) < 4.78 is 68.0. The highest BCUT2D eigenvalue weighted by Crippen LogP contribution is 2.35. The maximum Gasteiger partial charge on any atom is 0.394 e. The van der Waals surface area contributed by atoms with Gasteiger partial charge in [-0.2, -0.15) is 13.2 Å². The Kier molecular flexibility index (Phi) is 12.9. The molecule has 270 valence electrons. The Labute approximate surface area is 289 Å². The number of carboxylic acids is 1. The minimum absolute atomic E-state index is 0.0181. The predicted molar refractivity (Wildman–Crippen MR) is 180 cm³/mol. The van der Waals surface area contributed by atoms with Gasteiger partial charge in [-0.05, 0) is 104 Å². The van der Waals surface area contributed by atoms with Gasteiger partial charge >= 0.3 is 12.1 Å². The summed E-state index contributed by atoms with van der Waals surface area (Å²) in [7, 11) is 0. The molecule has 0 aliphatic carbocycles. The molecule has 0 radical (unpaired) electrons. The first-order valence-electron chi connectivity index (χ1n) is 16.9. The van der Waals surface area contributed by atoms with Gasteiger partial charge in [0.15, 0.2) is 5.78 Å². The van der Waals surface area contributed by atoms with Crippen LogP contribution in [0.25, 0.3) is 11.1 Å². The topological polar surface area (TPSA) is 99.6 Å². The summed E-state index contributed by atoms with van der Waals surface area (Å²) in [6.45, 7) is 7.26. The highest BCUT2D eigenvalue weighted by Gasteiger charge is 2.46. The van der Waals surface area contributed by atoms with Crippen LogP contribution in [-0.4, -0.2) is 58.5 Å². The number of carbonyl (C=O) groups is 3. The van der Waals surface area contributed by atoms with Crippen LogP contribution in [0.15, 0.2) is 42.5 Å². The second-order valence-electron chi connectivity index (χ2n) is 13.3. The average molecular weight is 702 g/mol. The molecule has 7 nitrogen and oxygen atoms in total. The highest BCUT2D eigenvalue weighted by atomic mass is 19.4. The van der Waals surface area contributed by atoms with Crippen LogP contribution in [0.1, 0.15) is 89.9 Å². The van der Waals surface area contributed by atoms with E-state index < -0.39 is 54.0 Å². The van der Waals surface area contributed by atoms with Crippen molar-refractivity contribution >= 4 is 17.7 Å². The van der Waals surface area contributed by atoms with Crippen LogP contribution in [0.3, 0.4) is 0 Å². The second-order valence-corrected chi connectivity index (χ2v) is 13.3. The largest absolute Gasteiger partial charge is 0.481 e. The lowest BCUT2D eigenvalue weighted by Crippen LogP contribution is -2.53. The van der Waals surface area contributed by atoms with Gasteiger partial charge in [0, 0.05) is 49.7 Å². The number of nitrogens with zero attached hydrogens (tertiary/aromatic N) is 2. The fourth-order valence-corrected chi connectivity index (χ4v) is 6.66. The number of rotatable bonds is 16. The number of carbonyl (C=O) groups excluding carboxylic acids is 2. The fourth-order valence-electron chi connectivity index (χ4n) is 6.66. The summed E-state index contributed by atoms with van der Waals surface area (Å²) in [5.41, 5.74) is 3.66. The van der Waals surface area contributed by atoms with Gasteiger partial charge in [0.1, 0.15) is 17.3 Å². The molecule has 1 aromatic heterocycles. The number of Topliss-reactive ketones (excluding diaryl/α,β-unsaturated/α-hetero) is 1. The van der Waals surface area contributed by atoms with Gasteiger partial charge in [-0.25, -0.2) is 13.8 Å². The van der Waals surface area contributed by atoms with E-state index >= 15 is 4.39 Å².